The topological polar surface area (TPSA) is 348 Å². The van der Waals surface area contributed by atoms with E-state index in [0.29, 0.717) is 25.6 Å². The number of hydrogen-bond donors (Lipinski definition) is 7. The Balaban J connectivity index is 0.000000214. The van der Waals surface area contributed by atoms with Crippen LogP contribution >= 0.6 is 133 Å². The summed E-state index contributed by atoms with van der Waals surface area (Å²) < 4.78 is 124. The molecule has 8 aromatic rings. The maximum absolute atomic E-state index is 14.7. The van der Waals surface area contributed by atoms with Gasteiger partial charge in [-0.2, -0.15) is 24.7 Å². The van der Waals surface area contributed by atoms with Gasteiger partial charge in [0.05, 0.1) is 78.8 Å². The summed E-state index contributed by atoms with van der Waals surface area (Å²) in [7, 11) is 2.66. The van der Waals surface area contributed by atoms with E-state index >= 15 is 0 Å². The highest BCUT2D eigenvalue weighted by atomic mass is 79.9. The standard InChI is InChI=1S/C22H17Cl2F3N4O5.C21H15Cl2F3N4O5.C18H15BrCl2FNO3.C5H6N2O2.BBr3.B/c1-35-15-8-14(25)16(7-11(15)20(32)28-9-3-2-4-9)36-18-12(23)5-10(6-13(18)24)31-22(34)29-21(33)17(30-31)19(26)27;22-11-4-9(30-21(34)28-20(33)16(29-30)18(25)26)5-12(23)17(11)35-15-6-10(14(31)7-13(15)24)19(32)27-8-2-1-3-8;1-25-15-8-14(22)16(7-11(15)18(24)23-10-3-2-4-10)26-17-12(20)5-9(19)6-13(17)21;1-3-4(8)2-5(9)7-6-3;2-1(3)4;/h5-9,19H,2-4H2,1H3,(H,28,32)(H,29,33,34);4-8,18,31H,1-3H2,(H,27,32)(H,28,33,34);5-8,10H,2-4H2,1H3,(H,23,24);2H2,1H3,(H,7,9);;. The van der Waals surface area contributed by atoms with Gasteiger partial charge in [0.25, 0.3) is 41.7 Å². The zero-order valence-electron chi connectivity index (χ0n) is 56.9. The number of phenols is 1. The zero-order valence-corrected chi connectivity index (χ0v) is 67.7. The third-order valence-corrected chi connectivity index (χ3v) is 18.0. The van der Waals surface area contributed by atoms with E-state index in [1.807, 2.05) is 0 Å². The fourth-order valence-electron chi connectivity index (χ4n) is 9.64. The van der Waals surface area contributed by atoms with Gasteiger partial charge in [-0.3, -0.25) is 43.5 Å². The highest BCUT2D eigenvalue weighted by Crippen LogP contribution is 2.44. The number of alkyl halides is 4. The molecule has 26 nitrogen and oxygen atoms in total. The monoisotopic (exact) mass is 1920 g/mol. The summed E-state index contributed by atoms with van der Waals surface area (Å²) in [5, 5.41) is 28.0. The number of methoxy groups -OCH3 is 2. The minimum atomic E-state index is -3.26. The van der Waals surface area contributed by atoms with Crippen molar-refractivity contribution in [3.05, 3.63) is 195 Å². The van der Waals surface area contributed by atoms with Gasteiger partial charge in [-0.15, -0.1) is 47.3 Å². The summed E-state index contributed by atoms with van der Waals surface area (Å²) in [6, 6.07) is 13.7. The summed E-state index contributed by atoms with van der Waals surface area (Å²) in [6.07, 6.45) is 1.60. The lowest BCUT2D eigenvalue weighted by Gasteiger charge is -2.26. The largest absolute Gasteiger partial charge is 0.507 e. The quantitative estimate of drug-likeness (QED) is 0.0238. The molecule has 7 N–H and O–H groups in total. The van der Waals surface area contributed by atoms with Gasteiger partial charge < -0.3 is 44.7 Å². The summed E-state index contributed by atoms with van der Waals surface area (Å²) >= 11 is 49.6. The number of aromatic nitrogens is 6. The number of amides is 4. The molecule has 3 radical (unpaired) electrons. The highest BCUT2D eigenvalue weighted by molar-refractivity contribution is 9.69. The van der Waals surface area contributed by atoms with Crippen molar-refractivity contribution in [1.82, 2.24) is 50.9 Å². The minimum Gasteiger partial charge on any atom is -0.507 e. The van der Waals surface area contributed by atoms with Gasteiger partial charge in [-0.25, -0.2) is 45.7 Å². The summed E-state index contributed by atoms with van der Waals surface area (Å²) in [4.78, 5) is 109. The average Bonchev–Trinajstić information content (AvgIpc) is 0.797. The van der Waals surface area contributed by atoms with Gasteiger partial charge in [-0.1, -0.05) is 85.5 Å². The first-order valence-electron chi connectivity index (χ1n) is 31.6. The molecule has 0 spiro atoms. The van der Waals surface area contributed by atoms with Crippen molar-refractivity contribution in [1.29, 1.82) is 0 Å². The Hall–Kier alpha value is -8.14. The van der Waals surface area contributed by atoms with Crippen LogP contribution in [-0.2, 0) is 9.59 Å². The Morgan fingerprint density at radius 2 is 0.847 bits per heavy atom. The first-order chi connectivity index (χ1) is 51.9. The first-order valence-corrected chi connectivity index (χ1v) is 37.5. The van der Waals surface area contributed by atoms with Crippen LogP contribution in [0.1, 0.15) is 126 Å². The normalized spacial score (nSPS) is 13.7. The van der Waals surface area contributed by atoms with Crippen LogP contribution in [0.4, 0.5) is 30.7 Å². The van der Waals surface area contributed by atoms with Crippen LogP contribution in [0.15, 0.2) is 102 Å². The van der Waals surface area contributed by atoms with Gasteiger partial charge in [0.2, 0.25) is 5.91 Å². The van der Waals surface area contributed by atoms with Crippen molar-refractivity contribution in [3.8, 4) is 63.1 Å². The lowest BCUT2D eigenvalue weighted by Crippen LogP contribution is -2.39. The number of carbonyl (C=O) groups is 5. The SMILES string of the molecule is BrB(Br)Br.CC1=NNC(=O)CC1=O.COc1cc(F)c(Oc2c(Cl)cc(-n3nc(C(F)F)c(=O)[nH]c3=O)cc2Cl)cc1C(=O)NC1CCC1.COc1cc(F)c(Oc2c(Cl)cc(Br)cc2Cl)cc1C(=O)NC1CCC1.O=C(NC1CCC1)c1cc(Oc2c(Cl)cc(-n3nc(C(F)F)c(=O)[nH]c3=O)cc2Cl)c(F)cc1O.[B]. The van der Waals surface area contributed by atoms with E-state index in [-0.39, 0.29) is 146 Å². The number of aromatic amines is 2. The Morgan fingerprint density at radius 1 is 0.532 bits per heavy atom. The third kappa shape index (κ3) is 23.7. The second-order valence-electron chi connectivity index (χ2n) is 23.3. The average molecular weight is 1930 g/mol. The summed E-state index contributed by atoms with van der Waals surface area (Å²) in [5.74, 6) is -6.56. The molecule has 3 heterocycles. The number of ether oxygens (including phenoxy) is 5. The molecule has 12 rings (SSSR count). The second-order valence-corrected chi connectivity index (χ2v) is 33.1. The van der Waals surface area contributed by atoms with E-state index in [2.05, 4.69) is 99.9 Å². The molecule has 45 heteroatoms. The number of benzene rings is 6. The number of carbonyl (C=O) groups excluding carboxylic acids is 5. The molecule has 4 aliphatic rings. The van der Waals surface area contributed by atoms with Crippen molar-refractivity contribution in [2.75, 3.05) is 14.2 Å². The van der Waals surface area contributed by atoms with E-state index < -0.39 is 93.3 Å². The Morgan fingerprint density at radius 3 is 1.14 bits per heavy atom. The molecular weight excluding hydrogens is 1870 g/mol. The van der Waals surface area contributed by atoms with Crippen molar-refractivity contribution in [3.63, 3.8) is 0 Å². The Labute approximate surface area is 687 Å². The molecule has 2 aromatic heterocycles. The van der Waals surface area contributed by atoms with Crippen LogP contribution in [0.3, 0.4) is 0 Å². The zero-order chi connectivity index (χ0) is 80.9. The van der Waals surface area contributed by atoms with Gasteiger partial charge in [0.15, 0.2) is 69.1 Å². The third-order valence-electron chi connectivity index (χ3n) is 15.9. The van der Waals surface area contributed by atoms with Crippen molar-refractivity contribution < 1.29 is 83.5 Å². The number of Topliss-reactive ketones (excluding diaryl/α,β-unsaturated/α-hetero) is 1. The molecule has 1 aliphatic heterocycles. The van der Waals surface area contributed by atoms with E-state index in [9.17, 15) is 79.0 Å². The molecule has 111 heavy (non-hydrogen) atoms. The minimum absolute atomic E-state index is 0. The summed E-state index contributed by atoms with van der Waals surface area (Å²) in [6.45, 7) is 1.57. The highest BCUT2D eigenvalue weighted by Gasteiger charge is 2.30. The molecular formula is C66H53B2Br4Cl6F7N11O15. The molecule has 6 aromatic carbocycles. The molecule has 3 aliphatic carbocycles. The number of halogens is 17. The van der Waals surface area contributed by atoms with Crippen LogP contribution in [0, 0.1) is 17.5 Å². The number of hydrogen-bond acceptors (Lipinski definition) is 18. The predicted molar refractivity (Wildman–Crippen MR) is 414 cm³/mol. The molecule has 0 unspecified atom stereocenters. The molecule has 3 saturated carbocycles. The number of hydrazone groups is 1. The maximum atomic E-state index is 14.7. The Kier molecular flexibility index (Phi) is 32.9. The first kappa shape index (κ1) is 90.1. The predicted octanol–water partition coefficient (Wildman–Crippen LogP) is 15.7. The van der Waals surface area contributed by atoms with Crippen LogP contribution in [0.2, 0.25) is 30.1 Å². The molecule has 0 bridgehead atoms. The fourth-order valence-corrected chi connectivity index (χ4v) is 12.0. The molecule has 0 saturated heterocycles. The molecule has 3 fully saturated rings. The van der Waals surface area contributed by atoms with Gasteiger partial charge in [0, 0.05) is 67.4 Å². The van der Waals surface area contributed by atoms with Crippen LogP contribution in [0.25, 0.3) is 11.4 Å². The second kappa shape index (κ2) is 40.5. The van der Waals surface area contributed by atoms with E-state index in [0.717, 1.165) is 106 Å². The molecule has 0 atom stereocenters. The lowest BCUT2D eigenvalue weighted by atomic mass is 9.93. The van der Waals surface area contributed by atoms with E-state index in [4.69, 9.17) is 93.3 Å². The Bertz CT molecular complexity index is 5100. The van der Waals surface area contributed by atoms with Gasteiger partial charge in [-0.05, 0) is 101 Å². The van der Waals surface area contributed by atoms with Crippen molar-refractivity contribution in [2.45, 2.75) is 102 Å². The maximum Gasteiger partial charge on any atom is 0.369 e. The molecule has 4 amide bonds. The van der Waals surface area contributed by atoms with E-state index in [1.54, 1.807) is 29.0 Å². The number of rotatable bonds is 18. The fraction of sp³-hybridized carbons (Fsp3) is 0.273. The lowest BCUT2D eigenvalue weighted by molar-refractivity contribution is -0.126. The van der Waals surface area contributed by atoms with E-state index in [1.165, 1.54) is 20.3 Å². The number of nitrogens with one attached hydrogen (secondary N) is 6. The number of aromatic hydroxyl groups is 1. The summed E-state index contributed by atoms with van der Waals surface area (Å²) in [5.41, 5.74) is -5.15. The molecule has 587 valence electrons. The van der Waals surface area contributed by atoms with Crippen molar-refractivity contribution >= 4 is 180 Å². The number of nitrogens with zero attached hydrogens (tertiary/aromatic N) is 5. The van der Waals surface area contributed by atoms with Crippen LogP contribution in [-0.4, -0.2) is 114 Å². The van der Waals surface area contributed by atoms with Crippen LogP contribution < -0.4 is 67.6 Å². The van der Waals surface area contributed by atoms with Crippen LogP contribution in [0.5, 0.6) is 51.7 Å². The van der Waals surface area contributed by atoms with Gasteiger partial charge in [0.1, 0.15) is 23.0 Å². The number of phenolic OH excluding ortho intramolecular Hbond substituents is 1. The van der Waals surface area contributed by atoms with Gasteiger partial charge >= 0.3 is 14.6 Å². The number of ketones is 1. The number of H-pyrrole nitrogens is 2. The van der Waals surface area contributed by atoms with Crippen molar-refractivity contribution in [2.24, 2.45) is 5.10 Å². The smallest absolute Gasteiger partial charge is 0.369 e.